The lowest BCUT2D eigenvalue weighted by Gasteiger charge is -2.25. The number of hydrogen-bond donors (Lipinski definition) is 1. The molecule has 0 spiro atoms. The number of carbonyl (C=O) groups excluding carboxylic acids is 2. The number of nitrogens with zero attached hydrogens (tertiary/aromatic N) is 1. The second-order valence-electron chi connectivity index (χ2n) is 14.9. The molecule has 2 atom stereocenters. The Hall–Kier alpha value is -2.75. The van der Waals surface area contributed by atoms with E-state index in [2.05, 4.69) is 62.5 Å². The molecule has 0 aromatic carbocycles. The van der Waals surface area contributed by atoms with E-state index in [0.717, 1.165) is 77.0 Å². The Morgan fingerprint density at radius 2 is 1.08 bits per heavy atom. The summed E-state index contributed by atoms with van der Waals surface area (Å²) < 4.78 is 22.6. The topological polar surface area (TPSA) is 108 Å². The van der Waals surface area contributed by atoms with E-state index < -0.39 is 24.3 Å². The molecule has 0 fully saturated rings. The van der Waals surface area contributed by atoms with Gasteiger partial charge in [0.15, 0.2) is 6.10 Å². The number of carboxylic acids is 1. The molecule has 53 heavy (non-hydrogen) atoms. The quantitative estimate of drug-likeness (QED) is 0.0220. The Morgan fingerprint density at radius 3 is 1.64 bits per heavy atom. The molecule has 0 aliphatic rings. The van der Waals surface area contributed by atoms with Crippen LogP contribution >= 0.6 is 0 Å². The summed E-state index contributed by atoms with van der Waals surface area (Å²) in [4.78, 5) is 37.0. The highest BCUT2D eigenvalue weighted by atomic mass is 16.7. The molecule has 0 radical (unpaired) electrons. The first kappa shape index (κ1) is 50.2. The van der Waals surface area contributed by atoms with Gasteiger partial charge in [-0.15, -0.1) is 0 Å². The summed E-state index contributed by atoms with van der Waals surface area (Å²) in [5.41, 5.74) is 0. The van der Waals surface area contributed by atoms with Gasteiger partial charge >= 0.3 is 17.9 Å². The van der Waals surface area contributed by atoms with E-state index in [1.54, 1.807) is 0 Å². The molecule has 0 heterocycles. The van der Waals surface area contributed by atoms with Crippen LogP contribution in [0.1, 0.15) is 155 Å². The molecule has 2 unspecified atom stereocenters. The molecule has 0 bridgehead atoms. The van der Waals surface area contributed by atoms with E-state index >= 15 is 0 Å². The van der Waals surface area contributed by atoms with E-state index in [9.17, 15) is 19.5 Å². The van der Waals surface area contributed by atoms with E-state index in [0.29, 0.717) is 17.4 Å². The maximum Gasteiger partial charge on any atom is 0.361 e. The molecule has 0 saturated heterocycles. The van der Waals surface area contributed by atoms with Gasteiger partial charge in [0.2, 0.25) is 0 Å². The number of likely N-dealkylation sites (N-methyl/N-ethyl adjacent to an activating group) is 1. The molecule has 9 heteroatoms. The summed E-state index contributed by atoms with van der Waals surface area (Å²) in [6, 6.07) is 0. The van der Waals surface area contributed by atoms with Crippen molar-refractivity contribution in [1.29, 1.82) is 0 Å². The van der Waals surface area contributed by atoms with Crippen molar-refractivity contribution >= 4 is 17.9 Å². The van der Waals surface area contributed by atoms with Crippen molar-refractivity contribution in [2.75, 3.05) is 47.5 Å². The van der Waals surface area contributed by atoms with Crippen LogP contribution in [0, 0.1) is 0 Å². The molecule has 0 saturated carbocycles. The predicted molar refractivity (Wildman–Crippen MR) is 217 cm³/mol. The van der Waals surface area contributed by atoms with Gasteiger partial charge in [0.1, 0.15) is 13.2 Å². The van der Waals surface area contributed by atoms with Gasteiger partial charge in [-0.25, -0.2) is 4.79 Å². The van der Waals surface area contributed by atoms with Crippen LogP contribution in [0.15, 0.2) is 48.6 Å². The number of quaternary nitrogens is 1. The summed E-state index contributed by atoms with van der Waals surface area (Å²) in [6.07, 6.45) is 37.4. The van der Waals surface area contributed by atoms with Gasteiger partial charge in [-0.05, 0) is 70.6 Å². The molecular formula is C44H78NO8+. The van der Waals surface area contributed by atoms with Crippen LogP contribution in [0.25, 0.3) is 0 Å². The maximum absolute atomic E-state index is 12.7. The SMILES string of the molecule is CC/C=C\C/C=C\C/C=C\CCCCCC(=O)OC(COC(=O)CCCCCCC/C=C\CCCCCCCC)COC(OCC[N+](C)(C)C)C(=O)O. The fraction of sp³-hybridized carbons (Fsp3) is 0.750. The average molecular weight is 749 g/mol. The van der Waals surface area contributed by atoms with E-state index in [1.165, 1.54) is 44.9 Å². The first-order valence-electron chi connectivity index (χ1n) is 20.8. The highest BCUT2D eigenvalue weighted by Crippen LogP contribution is 2.12. The average Bonchev–Trinajstić information content (AvgIpc) is 3.11. The number of carbonyl (C=O) groups is 3. The fourth-order valence-corrected chi connectivity index (χ4v) is 5.31. The number of rotatable bonds is 37. The minimum Gasteiger partial charge on any atom is -0.477 e. The lowest BCUT2D eigenvalue weighted by atomic mass is 10.1. The lowest BCUT2D eigenvalue weighted by Crippen LogP contribution is -2.40. The highest BCUT2D eigenvalue weighted by molar-refractivity contribution is 5.71. The number of aliphatic carboxylic acids is 1. The zero-order valence-corrected chi connectivity index (χ0v) is 34.4. The van der Waals surface area contributed by atoms with Crippen LogP contribution in [0.5, 0.6) is 0 Å². The largest absolute Gasteiger partial charge is 0.477 e. The molecule has 0 aliphatic carbocycles. The molecule has 0 aliphatic heterocycles. The predicted octanol–water partition coefficient (Wildman–Crippen LogP) is 10.4. The van der Waals surface area contributed by atoms with Gasteiger partial charge in [0.25, 0.3) is 6.29 Å². The van der Waals surface area contributed by atoms with Crippen molar-refractivity contribution in [1.82, 2.24) is 0 Å². The van der Waals surface area contributed by atoms with Gasteiger partial charge in [-0.2, -0.15) is 0 Å². The molecule has 0 aromatic rings. The van der Waals surface area contributed by atoms with Gasteiger partial charge in [-0.3, -0.25) is 9.59 Å². The zero-order valence-electron chi connectivity index (χ0n) is 34.4. The van der Waals surface area contributed by atoms with E-state index in [1.807, 2.05) is 21.1 Å². The number of hydrogen-bond acceptors (Lipinski definition) is 7. The summed E-state index contributed by atoms with van der Waals surface area (Å²) in [5, 5.41) is 9.60. The number of unbranched alkanes of at least 4 members (excludes halogenated alkanes) is 14. The molecule has 9 nitrogen and oxygen atoms in total. The third-order valence-corrected chi connectivity index (χ3v) is 8.57. The van der Waals surface area contributed by atoms with Crippen LogP contribution in [0.3, 0.4) is 0 Å². The normalized spacial score (nSPS) is 13.5. The maximum atomic E-state index is 12.7. The Balaban J connectivity index is 4.55. The molecule has 0 aromatic heterocycles. The monoisotopic (exact) mass is 749 g/mol. The first-order valence-corrected chi connectivity index (χ1v) is 20.8. The molecular weight excluding hydrogens is 670 g/mol. The van der Waals surface area contributed by atoms with Crippen LogP contribution in [-0.2, 0) is 33.3 Å². The minimum absolute atomic E-state index is 0.179. The summed E-state index contributed by atoms with van der Waals surface area (Å²) in [5.74, 6) is -2.07. The molecule has 1 N–H and O–H groups in total. The van der Waals surface area contributed by atoms with Gasteiger partial charge in [-0.1, -0.05) is 120 Å². The smallest absolute Gasteiger partial charge is 0.361 e. The van der Waals surface area contributed by atoms with Crippen molar-refractivity contribution in [2.24, 2.45) is 0 Å². The third-order valence-electron chi connectivity index (χ3n) is 8.57. The van der Waals surface area contributed by atoms with Crippen molar-refractivity contribution < 1.29 is 42.9 Å². The standard InChI is InChI=1S/C44H77NO8/c1-6-8-10-12-14-16-18-20-21-23-24-26-28-30-32-34-41(46)51-38-40(39-52-44(43(48)49)50-37-36-45(3,4)5)53-42(47)35-33-31-29-27-25-22-19-17-15-13-11-9-7-2/h9,11,15,17,20-22,25,40,44H,6-8,10,12-14,16,18-19,23-24,26-39H2,1-5H3/p+1/b11-9-,17-15-,21-20-,25-22-. The second kappa shape index (κ2) is 36.2. The number of allylic oxidation sites excluding steroid dienone is 8. The first-order chi connectivity index (χ1) is 25.6. The van der Waals surface area contributed by atoms with Crippen molar-refractivity contribution in [3.05, 3.63) is 48.6 Å². The second-order valence-corrected chi connectivity index (χ2v) is 14.9. The number of ether oxygens (including phenoxy) is 4. The minimum atomic E-state index is -1.52. The summed E-state index contributed by atoms with van der Waals surface area (Å²) in [6.45, 7) is 4.68. The molecule has 0 rings (SSSR count). The van der Waals surface area contributed by atoms with Gasteiger partial charge < -0.3 is 28.5 Å². The van der Waals surface area contributed by atoms with Gasteiger partial charge in [0, 0.05) is 12.8 Å². The summed E-state index contributed by atoms with van der Waals surface area (Å²) >= 11 is 0. The molecule has 306 valence electrons. The third kappa shape index (κ3) is 37.4. The molecule has 0 amide bonds. The van der Waals surface area contributed by atoms with Crippen molar-refractivity contribution in [2.45, 2.75) is 167 Å². The summed E-state index contributed by atoms with van der Waals surface area (Å²) in [7, 11) is 5.93. The van der Waals surface area contributed by atoms with Gasteiger partial charge in [0.05, 0.1) is 34.4 Å². The zero-order chi connectivity index (χ0) is 39.3. The Kier molecular flexibility index (Phi) is 34.4. The number of carboxylic acid groups (broad SMARTS) is 1. The van der Waals surface area contributed by atoms with Crippen LogP contribution in [0.2, 0.25) is 0 Å². The van der Waals surface area contributed by atoms with Crippen molar-refractivity contribution in [3.63, 3.8) is 0 Å². The van der Waals surface area contributed by atoms with Crippen LogP contribution in [0.4, 0.5) is 0 Å². The van der Waals surface area contributed by atoms with Crippen LogP contribution < -0.4 is 0 Å². The lowest BCUT2D eigenvalue weighted by molar-refractivity contribution is -0.870. The Labute approximate surface area is 323 Å². The van der Waals surface area contributed by atoms with E-state index in [-0.39, 0.29) is 38.6 Å². The highest BCUT2D eigenvalue weighted by Gasteiger charge is 2.25. The Bertz CT molecular complexity index is 1010. The Morgan fingerprint density at radius 1 is 0.585 bits per heavy atom. The fourth-order valence-electron chi connectivity index (χ4n) is 5.31. The van der Waals surface area contributed by atoms with E-state index in [4.69, 9.17) is 18.9 Å². The van der Waals surface area contributed by atoms with Crippen LogP contribution in [-0.4, -0.2) is 87.4 Å². The number of esters is 2. The van der Waals surface area contributed by atoms with Crippen molar-refractivity contribution in [3.8, 4) is 0 Å².